The van der Waals surface area contributed by atoms with Crippen LogP contribution in [0, 0.1) is 5.41 Å². The first-order valence-corrected chi connectivity index (χ1v) is 6.64. The van der Waals surface area contributed by atoms with Crippen molar-refractivity contribution in [2.75, 3.05) is 13.2 Å². The summed E-state index contributed by atoms with van der Waals surface area (Å²) in [6, 6.07) is 0. The Morgan fingerprint density at radius 3 is 1.87 bits per heavy atom. The zero-order valence-corrected chi connectivity index (χ0v) is 11.3. The summed E-state index contributed by atoms with van der Waals surface area (Å²) in [5.74, 6) is 0. The van der Waals surface area contributed by atoms with Crippen molar-refractivity contribution in [3.63, 3.8) is 0 Å². The molecule has 92 valence electrons. The summed E-state index contributed by atoms with van der Waals surface area (Å²) in [6.07, 6.45) is 9.54. The number of ether oxygens (including phenoxy) is 1. The van der Waals surface area contributed by atoms with Gasteiger partial charge in [-0.25, -0.2) is 0 Å². The Morgan fingerprint density at radius 2 is 1.33 bits per heavy atom. The molecule has 0 radical (unpaired) electrons. The second-order valence-electron chi connectivity index (χ2n) is 5.73. The number of rotatable bonds is 9. The van der Waals surface area contributed by atoms with Crippen LogP contribution in [0.25, 0.3) is 0 Å². The molecule has 0 unspecified atom stereocenters. The topological polar surface area (TPSA) is 9.23 Å². The lowest BCUT2D eigenvalue weighted by Gasteiger charge is -2.17. The summed E-state index contributed by atoms with van der Waals surface area (Å²) >= 11 is 0. The molecule has 0 rings (SSSR count). The minimum absolute atomic E-state index is 0.321. The number of hydrogen-bond acceptors (Lipinski definition) is 1. The van der Waals surface area contributed by atoms with Crippen LogP contribution in [0.15, 0.2) is 0 Å². The van der Waals surface area contributed by atoms with Gasteiger partial charge in [-0.1, -0.05) is 66.2 Å². The molecular weight excluding hydrogens is 184 g/mol. The van der Waals surface area contributed by atoms with Crippen molar-refractivity contribution in [2.24, 2.45) is 5.41 Å². The summed E-state index contributed by atoms with van der Waals surface area (Å²) in [6.45, 7) is 10.8. The summed E-state index contributed by atoms with van der Waals surface area (Å²) in [5, 5.41) is 0. The molecule has 0 heterocycles. The Balaban J connectivity index is 2.99. The van der Waals surface area contributed by atoms with E-state index < -0.39 is 0 Å². The van der Waals surface area contributed by atoms with Crippen LogP contribution in [0.5, 0.6) is 0 Å². The van der Waals surface area contributed by atoms with E-state index >= 15 is 0 Å². The third-order valence-corrected chi connectivity index (χ3v) is 2.43. The third kappa shape index (κ3) is 14.0. The second kappa shape index (κ2) is 9.21. The monoisotopic (exact) mass is 214 g/mol. The predicted molar refractivity (Wildman–Crippen MR) is 68.3 cm³/mol. The first kappa shape index (κ1) is 15.0. The van der Waals surface area contributed by atoms with Crippen molar-refractivity contribution in [2.45, 2.75) is 72.6 Å². The maximum atomic E-state index is 5.63. The molecule has 0 amide bonds. The molecule has 15 heavy (non-hydrogen) atoms. The van der Waals surface area contributed by atoms with Crippen molar-refractivity contribution in [3.8, 4) is 0 Å². The van der Waals surface area contributed by atoms with Gasteiger partial charge in [0.15, 0.2) is 0 Å². The van der Waals surface area contributed by atoms with Gasteiger partial charge in [0.25, 0.3) is 0 Å². The van der Waals surface area contributed by atoms with Crippen LogP contribution in [0.4, 0.5) is 0 Å². The quantitative estimate of drug-likeness (QED) is 0.501. The highest BCUT2D eigenvalue weighted by molar-refractivity contribution is 4.58. The zero-order chi connectivity index (χ0) is 11.6. The smallest absolute Gasteiger partial charge is 0.0514 e. The molecular formula is C14H30O. The van der Waals surface area contributed by atoms with Crippen molar-refractivity contribution >= 4 is 0 Å². The number of hydrogen-bond donors (Lipinski definition) is 0. The van der Waals surface area contributed by atoms with E-state index in [4.69, 9.17) is 4.74 Å². The number of unbranched alkanes of at least 4 members (excludes halogenated alkanes) is 6. The van der Waals surface area contributed by atoms with E-state index in [0.29, 0.717) is 5.41 Å². The van der Waals surface area contributed by atoms with Crippen molar-refractivity contribution in [1.29, 1.82) is 0 Å². The molecule has 0 fully saturated rings. The summed E-state index contributed by atoms with van der Waals surface area (Å²) < 4.78 is 5.63. The highest BCUT2D eigenvalue weighted by Gasteiger charge is 2.09. The average Bonchev–Trinajstić information content (AvgIpc) is 2.14. The lowest BCUT2D eigenvalue weighted by molar-refractivity contribution is 0.0686. The molecule has 1 heteroatoms. The minimum atomic E-state index is 0.321. The van der Waals surface area contributed by atoms with Gasteiger partial charge in [-0.2, -0.15) is 0 Å². The van der Waals surface area contributed by atoms with Crippen molar-refractivity contribution in [3.05, 3.63) is 0 Å². The van der Waals surface area contributed by atoms with Crippen molar-refractivity contribution < 1.29 is 4.74 Å². The van der Waals surface area contributed by atoms with E-state index in [1.54, 1.807) is 0 Å². The largest absolute Gasteiger partial charge is 0.381 e. The lowest BCUT2D eigenvalue weighted by Crippen LogP contribution is -2.14. The predicted octanol–water partition coefficient (Wildman–Crippen LogP) is 4.80. The van der Waals surface area contributed by atoms with Gasteiger partial charge in [0.05, 0.1) is 6.61 Å². The lowest BCUT2D eigenvalue weighted by atomic mass is 9.99. The standard InChI is InChI=1S/C14H30O/c1-5-6-7-8-9-10-11-12-15-13-14(2,3)4/h5-13H2,1-4H3. The maximum Gasteiger partial charge on any atom is 0.0514 e. The fourth-order valence-corrected chi connectivity index (χ4v) is 1.54. The maximum absolute atomic E-state index is 5.63. The second-order valence-corrected chi connectivity index (χ2v) is 5.73. The molecule has 0 spiro atoms. The van der Waals surface area contributed by atoms with Crippen LogP contribution in [0.1, 0.15) is 72.6 Å². The van der Waals surface area contributed by atoms with Crippen LogP contribution in [0.2, 0.25) is 0 Å². The SMILES string of the molecule is CCCCCCCCCOCC(C)(C)C. The molecule has 0 aromatic heterocycles. The summed E-state index contributed by atoms with van der Waals surface area (Å²) in [5.41, 5.74) is 0.321. The van der Waals surface area contributed by atoms with E-state index in [-0.39, 0.29) is 0 Å². The van der Waals surface area contributed by atoms with Gasteiger partial charge in [0.2, 0.25) is 0 Å². The highest BCUT2D eigenvalue weighted by Crippen LogP contribution is 2.13. The molecule has 0 N–H and O–H groups in total. The fraction of sp³-hybridized carbons (Fsp3) is 1.00. The molecule has 0 aliphatic carbocycles. The Hall–Kier alpha value is -0.0400. The molecule has 0 saturated heterocycles. The van der Waals surface area contributed by atoms with Crippen LogP contribution in [-0.2, 0) is 4.74 Å². The van der Waals surface area contributed by atoms with E-state index in [1.807, 2.05) is 0 Å². The Bertz CT molecular complexity index is 124. The summed E-state index contributed by atoms with van der Waals surface area (Å²) in [4.78, 5) is 0. The highest BCUT2D eigenvalue weighted by atomic mass is 16.5. The van der Waals surface area contributed by atoms with Gasteiger partial charge in [0.1, 0.15) is 0 Å². The van der Waals surface area contributed by atoms with Crippen molar-refractivity contribution in [1.82, 2.24) is 0 Å². The Labute approximate surface area is 96.6 Å². The molecule has 0 aliphatic heterocycles. The van der Waals surface area contributed by atoms with E-state index in [1.165, 1.54) is 44.9 Å². The molecule has 0 bridgehead atoms. The first-order valence-electron chi connectivity index (χ1n) is 6.64. The van der Waals surface area contributed by atoms with Gasteiger partial charge < -0.3 is 4.74 Å². The normalized spacial score (nSPS) is 12.0. The molecule has 0 aromatic carbocycles. The van der Waals surface area contributed by atoms with E-state index in [0.717, 1.165) is 13.2 Å². The van der Waals surface area contributed by atoms with E-state index in [9.17, 15) is 0 Å². The average molecular weight is 214 g/mol. The molecule has 0 saturated carbocycles. The first-order chi connectivity index (χ1) is 7.06. The van der Waals surface area contributed by atoms with Gasteiger partial charge in [-0.3, -0.25) is 0 Å². The third-order valence-electron chi connectivity index (χ3n) is 2.43. The Morgan fingerprint density at radius 1 is 0.800 bits per heavy atom. The molecule has 0 atom stereocenters. The van der Waals surface area contributed by atoms with Crippen LogP contribution >= 0.6 is 0 Å². The Kier molecular flexibility index (Phi) is 9.18. The van der Waals surface area contributed by atoms with E-state index in [2.05, 4.69) is 27.7 Å². The zero-order valence-electron chi connectivity index (χ0n) is 11.3. The molecule has 0 aliphatic rings. The van der Waals surface area contributed by atoms with Gasteiger partial charge in [0, 0.05) is 6.61 Å². The van der Waals surface area contributed by atoms with Gasteiger partial charge in [-0.15, -0.1) is 0 Å². The van der Waals surface area contributed by atoms with Crippen LogP contribution < -0.4 is 0 Å². The fourth-order valence-electron chi connectivity index (χ4n) is 1.54. The van der Waals surface area contributed by atoms with Gasteiger partial charge in [-0.05, 0) is 11.8 Å². The molecule has 1 nitrogen and oxygen atoms in total. The minimum Gasteiger partial charge on any atom is -0.381 e. The summed E-state index contributed by atoms with van der Waals surface area (Å²) in [7, 11) is 0. The molecule has 0 aromatic rings. The van der Waals surface area contributed by atoms with Crippen LogP contribution in [-0.4, -0.2) is 13.2 Å². The van der Waals surface area contributed by atoms with Gasteiger partial charge >= 0.3 is 0 Å². The van der Waals surface area contributed by atoms with Crippen LogP contribution in [0.3, 0.4) is 0 Å².